The highest BCUT2D eigenvalue weighted by atomic mass is 35.5. The van der Waals surface area contributed by atoms with Crippen molar-refractivity contribution in [1.29, 1.82) is 0 Å². The molecule has 1 heterocycles. The molecule has 2 atom stereocenters. The molecule has 0 amide bonds. The molecule has 0 N–H and O–H groups in total. The monoisotopic (exact) mass is 331 g/mol. The van der Waals surface area contributed by atoms with Gasteiger partial charge in [-0.2, -0.15) is 0 Å². The van der Waals surface area contributed by atoms with E-state index in [1.165, 1.54) is 16.7 Å². The number of hydrogen-bond acceptors (Lipinski definition) is 3. The summed E-state index contributed by atoms with van der Waals surface area (Å²) < 4.78 is 11.0. The smallest absolute Gasteiger partial charge is 0.161 e. The predicted octanol–water partition coefficient (Wildman–Crippen LogP) is 4.32. The maximum Gasteiger partial charge on any atom is 0.161 e. The first-order valence-electron chi connectivity index (χ1n) is 7.77. The zero-order valence-corrected chi connectivity index (χ0v) is 14.7. The normalized spacial score (nSPS) is 20.9. The average molecular weight is 332 g/mol. The Morgan fingerprint density at radius 3 is 2.43 bits per heavy atom. The summed E-state index contributed by atoms with van der Waals surface area (Å²) >= 11 is 6.22. The fraction of sp³-hybridized carbons (Fsp3) is 0.368. The molecule has 2 aromatic carbocycles. The van der Waals surface area contributed by atoms with E-state index in [0.717, 1.165) is 22.9 Å². The van der Waals surface area contributed by atoms with Gasteiger partial charge in [0.05, 0.1) is 20.3 Å². The third kappa shape index (κ3) is 2.91. The van der Waals surface area contributed by atoms with Gasteiger partial charge in [0.2, 0.25) is 0 Å². The molecule has 23 heavy (non-hydrogen) atoms. The Labute approximate surface area is 142 Å². The number of fused-ring (bicyclic) bond motifs is 1. The largest absolute Gasteiger partial charge is 0.493 e. The van der Waals surface area contributed by atoms with Gasteiger partial charge in [0, 0.05) is 11.1 Å². The second-order valence-electron chi connectivity index (χ2n) is 6.08. The Bertz CT molecular complexity index is 717. The summed E-state index contributed by atoms with van der Waals surface area (Å²) in [7, 11) is 5.51. The number of nitrogens with zero attached hydrogens (tertiary/aromatic N) is 1. The molecular formula is C19H22ClNO2. The van der Waals surface area contributed by atoms with Crippen LogP contribution in [0.25, 0.3) is 0 Å². The lowest BCUT2D eigenvalue weighted by Crippen LogP contribution is -2.39. The summed E-state index contributed by atoms with van der Waals surface area (Å²) in [6, 6.07) is 12.9. The molecule has 0 saturated carbocycles. The molecule has 0 aliphatic carbocycles. The third-order valence-corrected chi connectivity index (χ3v) is 4.96. The van der Waals surface area contributed by atoms with Crippen LogP contribution < -0.4 is 9.47 Å². The van der Waals surface area contributed by atoms with Gasteiger partial charge in [0.25, 0.3) is 0 Å². The highest BCUT2D eigenvalue weighted by molar-refractivity contribution is 6.30. The molecular weight excluding hydrogens is 310 g/mol. The van der Waals surface area contributed by atoms with E-state index in [0.29, 0.717) is 6.04 Å². The summed E-state index contributed by atoms with van der Waals surface area (Å²) in [6.07, 6.45) is 0.989. The zero-order chi connectivity index (χ0) is 16.6. The van der Waals surface area contributed by atoms with Crippen molar-refractivity contribution in [2.75, 3.05) is 21.3 Å². The molecule has 4 heteroatoms. The quantitative estimate of drug-likeness (QED) is 0.836. The number of hydrogen-bond donors (Lipinski definition) is 0. The van der Waals surface area contributed by atoms with Crippen LogP contribution in [0.1, 0.15) is 29.7 Å². The maximum atomic E-state index is 6.22. The molecule has 122 valence electrons. The van der Waals surface area contributed by atoms with Gasteiger partial charge >= 0.3 is 0 Å². The molecule has 0 saturated heterocycles. The summed E-state index contributed by atoms with van der Waals surface area (Å²) in [5, 5.41) is 0.760. The van der Waals surface area contributed by atoms with Crippen LogP contribution in [-0.2, 0) is 6.42 Å². The van der Waals surface area contributed by atoms with E-state index in [4.69, 9.17) is 21.1 Å². The Morgan fingerprint density at radius 2 is 1.78 bits per heavy atom. The van der Waals surface area contributed by atoms with E-state index >= 15 is 0 Å². The molecule has 0 unspecified atom stereocenters. The van der Waals surface area contributed by atoms with Crippen molar-refractivity contribution in [1.82, 2.24) is 4.90 Å². The van der Waals surface area contributed by atoms with Crippen LogP contribution in [-0.4, -0.2) is 32.2 Å². The van der Waals surface area contributed by atoms with E-state index in [2.05, 4.69) is 37.1 Å². The van der Waals surface area contributed by atoms with Crippen LogP contribution in [0.3, 0.4) is 0 Å². The Morgan fingerprint density at radius 1 is 1.09 bits per heavy atom. The first-order valence-corrected chi connectivity index (χ1v) is 8.15. The minimum absolute atomic E-state index is 0.159. The number of likely N-dealkylation sites (N-methyl/N-ethyl adjacent to an activating group) is 1. The van der Waals surface area contributed by atoms with E-state index in [9.17, 15) is 0 Å². The van der Waals surface area contributed by atoms with Gasteiger partial charge in [0.1, 0.15) is 0 Å². The van der Waals surface area contributed by atoms with Crippen molar-refractivity contribution in [3.8, 4) is 11.5 Å². The Hall–Kier alpha value is -1.71. The second-order valence-corrected chi connectivity index (χ2v) is 6.52. The van der Waals surface area contributed by atoms with Crippen LogP contribution in [0.4, 0.5) is 0 Å². The van der Waals surface area contributed by atoms with Gasteiger partial charge < -0.3 is 9.47 Å². The molecule has 3 nitrogen and oxygen atoms in total. The lowest BCUT2D eigenvalue weighted by atomic mass is 9.85. The predicted molar refractivity (Wildman–Crippen MR) is 93.8 cm³/mol. The van der Waals surface area contributed by atoms with Crippen LogP contribution in [0.15, 0.2) is 36.4 Å². The molecule has 1 aliphatic heterocycles. The van der Waals surface area contributed by atoms with E-state index in [1.807, 2.05) is 18.2 Å². The lowest BCUT2D eigenvalue weighted by Gasteiger charge is -2.40. The van der Waals surface area contributed by atoms with Crippen molar-refractivity contribution in [3.63, 3.8) is 0 Å². The van der Waals surface area contributed by atoms with Crippen molar-refractivity contribution >= 4 is 11.6 Å². The van der Waals surface area contributed by atoms with Crippen molar-refractivity contribution in [2.24, 2.45) is 0 Å². The number of ether oxygens (including phenoxy) is 2. The van der Waals surface area contributed by atoms with Crippen LogP contribution in [0, 0.1) is 0 Å². The molecule has 0 bridgehead atoms. The van der Waals surface area contributed by atoms with E-state index in [1.54, 1.807) is 14.2 Å². The number of methoxy groups -OCH3 is 2. The molecule has 0 aromatic heterocycles. The van der Waals surface area contributed by atoms with Gasteiger partial charge in [-0.3, -0.25) is 4.90 Å². The van der Waals surface area contributed by atoms with E-state index in [-0.39, 0.29) is 6.04 Å². The van der Waals surface area contributed by atoms with Crippen molar-refractivity contribution in [2.45, 2.75) is 25.4 Å². The fourth-order valence-electron chi connectivity index (χ4n) is 3.40. The molecule has 3 rings (SSSR count). The highest BCUT2D eigenvalue weighted by Gasteiger charge is 2.32. The lowest BCUT2D eigenvalue weighted by molar-refractivity contribution is 0.192. The van der Waals surface area contributed by atoms with Gasteiger partial charge in [-0.25, -0.2) is 0 Å². The molecule has 0 radical (unpaired) electrons. The van der Waals surface area contributed by atoms with Gasteiger partial charge in [-0.05, 0) is 61.3 Å². The Kier molecular flexibility index (Phi) is 4.51. The first kappa shape index (κ1) is 16.2. The summed E-state index contributed by atoms with van der Waals surface area (Å²) in [5.41, 5.74) is 3.75. The van der Waals surface area contributed by atoms with Gasteiger partial charge in [-0.1, -0.05) is 23.7 Å². The summed E-state index contributed by atoms with van der Waals surface area (Å²) in [5.74, 6) is 1.55. The van der Waals surface area contributed by atoms with Crippen molar-refractivity contribution < 1.29 is 9.47 Å². The van der Waals surface area contributed by atoms with Crippen LogP contribution >= 0.6 is 11.6 Å². The van der Waals surface area contributed by atoms with Crippen molar-refractivity contribution in [3.05, 3.63) is 58.1 Å². The zero-order valence-electron chi connectivity index (χ0n) is 14.0. The average Bonchev–Trinajstić information content (AvgIpc) is 2.55. The van der Waals surface area contributed by atoms with E-state index < -0.39 is 0 Å². The summed E-state index contributed by atoms with van der Waals surface area (Å²) in [4.78, 5) is 2.39. The minimum Gasteiger partial charge on any atom is -0.493 e. The van der Waals surface area contributed by atoms with Gasteiger partial charge in [-0.15, -0.1) is 0 Å². The summed E-state index contributed by atoms with van der Waals surface area (Å²) in [6.45, 7) is 2.25. The Balaban J connectivity index is 2.17. The molecule has 1 aliphatic rings. The maximum absolute atomic E-state index is 6.22. The second kappa shape index (κ2) is 6.42. The van der Waals surface area contributed by atoms with Crippen LogP contribution in [0.5, 0.6) is 11.5 Å². The SMILES string of the molecule is COc1cc2c(cc1OC)[C@@H](c1cccc(Cl)c1)N(C)[C@H](C)C2. The molecule has 0 fully saturated rings. The number of halogens is 1. The van der Waals surface area contributed by atoms with Gasteiger partial charge in [0.15, 0.2) is 11.5 Å². The standard InChI is InChI=1S/C19H22ClNO2/c1-12-8-14-10-17(22-3)18(23-4)11-16(14)19(21(12)2)13-6-5-7-15(20)9-13/h5-7,9-12,19H,8H2,1-4H3/t12-,19-/m1/s1. The number of rotatable bonds is 3. The minimum atomic E-state index is 0.159. The molecule has 2 aromatic rings. The topological polar surface area (TPSA) is 21.7 Å². The fourth-order valence-corrected chi connectivity index (χ4v) is 3.59. The molecule has 0 spiro atoms. The highest BCUT2D eigenvalue weighted by Crippen LogP contribution is 2.42. The third-order valence-electron chi connectivity index (χ3n) is 4.72. The van der Waals surface area contributed by atoms with Crippen LogP contribution in [0.2, 0.25) is 5.02 Å². The first-order chi connectivity index (χ1) is 11.0. The number of benzene rings is 2.